The number of aromatic nitrogens is 2. The van der Waals surface area contributed by atoms with E-state index in [-0.39, 0.29) is 6.04 Å². The highest BCUT2D eigenvalue weighted by atomic mass is 35.5. The molecule has 0 radical (unpaired) electrons. The van der Waals surface area contributed by atoms with Crippen LogP contribution in [0.3, 0.4) is 0 Å². The van der Waals surface area contributed by atoms with Gasteiger partial charge in [-0.3, -0.25) is 0 Å². The smallest absolute Gasteiger partial charge is 0.150 e. The van der Waals surface area contributed by atoms with Crippen LogP contribution < -0.4 is 5.73 Å². The first-order valence-corrected chi connectivity index (χ1v) is 7.82. The van der Waals surface area contributed by atoms with Crippen molar-refractivity contribution in [3.63, 3.8) is 0 Å². The normalized spacial score (nSPS) is 12.3. The van der Waals surface area contributed by atoms with Crippen LogP contribution in [0.25, 0.3) is 10.6 Å². The topological polar surface area (TPSA) is 51.8 Å². The second-order valence-corrected chi connectivity index (χ2v) is 6.25. The van der Waals surface area contributed by atoms with E-state index in [2.05, 4.69) is 10.2 Å². The van der Waals surface area contributed by atoms with Crippen molar-refractivity contribution in [3.05, 3.63) is 69.1 Å². The first kappa shape index (κ1) is 14.5. The number of rotatable bonds is 3. The largest absolute Gasteiger partial charge is 0.318 e. The number of nitrogens with two attached hydrogens (primary N) is 1. The van der Waals surface area contributed by atoms with Gasteiger partial charge in [-0.2, -0.15) is 0 Å². The van der Waals surface area contributed by atoms with Gasteiger partial charge in [0.1, 0.15) is 5.01 Å². The van der Waals surface area contributed by atoms with E-state index in [1.54, 1.807) is 18.2 Å². The Morgan fingerprint density at radius 1 is 0.905 bits per heavy atom. The van der Waals surface area contributed by atoms with Crippen molar-refractivity contribution in [3.8, 4) is 10.6 Å². The Labute approximate surface area is 136 Å². The summed E-state index contributed by atoms with van der Waals surface area (Å²) < 4.78 is 0. The molecule has 0 aliphatic heterocycles. The highest BCUT2D eigenvalue weighted by molar-refractivity contribution is 7.14. The zero-order valence-corrected chi connectivity index (χ0v) is 13.2. The van der Waals surface area contributed by atoms with E-state index in [9.17, 15) is 0 Å². The van der Waals surface area contributed by atoms with Gasteiger partial charge < -0.3 is 5.73 Å². The van der Waals surface area contributed by atoms with E-state index in [1.807, 2.05) is 30.3 Å². The number of nitrogens with zero attached hydrogens (tertiary/aromatic N) is 2. The van der Waals surface area contributed by atoms with Crippen LogP contribution in [-0.4, -0.2) is 10.2 Å². The predicted molar refractivity (Wildman–Crippen MR) is 87.8 cm³/mol. The van der Waals surface area contributed by atoms with E-state index >= 15 is 0 Å². The van der Waals surface area contributed by atoms with Gasteiger partial charge in [0, 0.05) is 5.56 Å². The van der Waals surface area contributed by atoms with Gasteiger partial charge in [0.2, 0.25) is 0 Å². The van der Waals surface area contributed by atoms with Crippen molar-refractivity contribution >= 4 is 34.5 Å². The third kappa shape index (κ3) is 2.94. The molecule has 6 heteroatoms. The lowest BCUT2D eigenvalue weighted by molar-refractivity contribution is 0.831. The van der Waals surface area contributed by atoms with Gasteiger partial charge >= 0.3 is 0 Å². The summed E-state index contributed by atoms with van der Waals surface area (Å²) in [7, 11) is 0. The Hall–Kier alpha value is -1.46. The summed E-state index contributed by atoms with van der Waals surface area (Å²) in [6.07, 6.45) is 0. The van der Waals surface area contributed by atoms with Crippen LogP contribution >= 0.6 is 34.5 Å². The Morgan fingerprint density at radius 2 is 1.57 bits per heavy atom. The van der Waals surface area contributed by atoms with Crippen molar-refractivity contribution in [2.45, 2.75) is 6.04 Å². The minimum Gasteiger partial charge on any atom is -0.318 e. The van der Waals surface area contributed by atoms with Crippen molar-refractivity contribution in [2.24, 2.45) is 5.73 Å². The highest BCUT2D eigenvalue weighted by Gasteiger charge is 2.18. The number of hydrogen-bond acceptors (Lipinski definition) is 4. The first-order valence-electron chi connectivity index (χ1n) is 6.25. The molecule has 0 aliphatic rings. The summed E-state index contributed by atoms with van der Waals surface area (Å²) >= 11 is 13.8. The first-order chi connectivity index (χ1) is 10.2. The lowest BCUT2D eigenvalue weighted by Gasteiger charge is -2.07. The van der Waals surface area contributed by atoms with Crippen LogP contribution in [0.15, 0.2) is 48.5 Å². The average Bonchev–Trinajstić information content (AvgIpc) is 2.97. The van der Waals surface area contributed by atoms with Crippen molar-refractivity contribution in [1.29, 1.82) is 0 Å². The summed E-state index contributed by atoms with van der Waals surface area (Å²) in [5.74, 6) is 0. The lowest BCUT2D eigenvalue weighted by atomic mass is 10.1. The van der Waals surface area contributed by atoms with E-state index < -0.39 is 0 Å². The van der Waals surface area contributed by atoms with E-state index in [4.69, 9.17) is 28.9 Å². The quantitative estimate of drug-likeness (QED) is 0.763. The van der Waals surface area contributed by atoms with Gasteiger partial charge in [-0.25, -0.2) is 0 Å². The molecule has 106 valence electrons. The van der Waals surface area contributed by atoms with Gasteiger partial charge in [-0.15, -0.1) is 10.2 Å². The second kappa shape index (κ2) is 6.12. The third-order valence-electron chi connectivity index (χ3n) is 3.04. The Morgan fingerprint density at radius 3 is 2.24 bits per heavy atom. The maximum absolute atomic E-state index is 6.23. The highest BCUT2D eigenvalue weighted by Crippen LogP contribution is 2.37. The van der Waals surface area contributed by atoms with Crippen LogP contribution in [0.2, 0.25) is 10.0 Å². The molecule has 1 aromatic heterocycles. The molecule has 21 heavy (non-hydrogen) atoms. The van der Waals surface area contributed by atoms with Gasteiger partial charge in [0.25, 0.3) is 0 Å². The molecule has 3 nitrogen and oxygen atoms in total. The van der Waals surface area contributed by atoms with Gasteiger partial charge in [-0.1, -0.05) is 70.9 Å². The molecule has 0 fully saturated rings. The molecule has 0 saturated heterocycles. The van der Waals surface area contributed by atoms with Gasteiger partial charge in [0.15, 0.2) is 5.01 Å². The number of benzene rings is 2. The fraction of sp³-hybridized carbons (Fsp3) is 0.0667. The SMILES string of the molecule is NC(c1ccccc1)c1nnc(-c2c(Cl)cccc2Cl)s1. The molecule has 1 heterocycles. The molecule has 2 N–H and O–H groups in total. The molecule has 2 aromatic carbocycles. The summed E-state index contributed by atoms with van der Waals surface area (Å²) in [4.78, 5) is 0. The van der Waals surface area contributed by atoms with Crippen molar-refractivity contribution in [1.82, 2.24) is 10.2 Å². The maximum atomic E-state index is 6.23. The van der Waals surface area contributed by atoms with Crippen molar-refractivity contribution in [2.75, 3.05) is 0 Å². The van der Waals surface area contributed by atoms with Gasteiger partial charge in [0.05, 0.1) is 16.1 Å². The zero-order valence-electron chi connectivity index (χ0n) is 10.8. The molecule has 3 aromatic rings. The predicted octanol–water partition coefficient (Wildman–Crippen LogP) is 4.56. The molecule has 1 unspecified atom stereocenters. The van der Waals surface area contributed by atoms with E-state index in [0.717, 1.165) is 10.6 Å². The molecule has 0 bridgehead atoms. The summed E-state index contributed by atoms with van der Waals surface area (Å²) in [5, 5.41) is 10.9. The summed E-state index contributed by atoms with van der Waals surface area (Å²) in [6.45, 7) is 0. The van der Waals surface area contributed by atoms with Crippen LogP contribution in [0.4, 0.5) is 0 Å². The standard InChI is InChI=1S/C15H11Cl2N3S/c16-10-7-4-8-11(17)12(10)14-19-20-15(21-14)13(18)9-5-2-1-3-6-9/h1-8,13H,18H2. The summed E-state index contributed by atoms with van der Waals surface area (Å²) in [5.41, 5.74) is 7.92. The monoisotopic (exact) mass is 335 g/mol. The molecule has 3 rings (SSSR count). The second-order valence-electron chi connectivity index (χ2n) is 4.43. The molecular weight excluding hydrogens is 325 g/mol. The minimum atomic E-state index is -0.307. The molecule has 1 atom stereocenters. The van der Waals surface area contributed by atoms with Gasteiger partial charge in [-0.05, 0) is 17.7 Å². The molecule has 0 aliphatic carbocycles. The van der Waals surface area contributed by atoms with Crippen LogP contribution in [0, 0.1) is 0 Å². The number of hydrogen-bond donors (Lipinski definition) is 1. The Balaban J connectivity index is 1.97. The van der Waals surface area contributed by atoms with Crippen LogP contribution in [0.1, 0.15) is 16.6 Å². The average molecular weight is 336 g/mol. The maximum Gasteiger partial charge on any atom is 0.150 e. The number of halogens is 2. The zero-order chi connectivity index (χ0) is 14.8. The molecule has 0 spiro atoms. The van der Waals surface area contributed by atoms with Crippen LogP contribution in [0.5, 0.6) is 0 Å². The van der Waals surface area contributed by atoms with Crippen molar-refractivity contribution < 1.29 is 0 Å². The third-order valence-corrected chi connectivity index (χ3v) is 4.70. The molecular formula is C15H11Cl2N3S. The lowest BCUT2D eigenvalue weighted by Crippen LogP contribution is -2.11. The fourth-order valence-electron chi connectivity index (χ4n) is 1.97. The van der Waals surface area contributed by atoms with E-state index in [1.165, 1.54) is 11.3 Å². The molecule has 0 amide bonds. The molecule has 0 saturated carbocycles. The summed E-state index contributed by atoms with van der Waals surface area (Å²) in [6, 6.07) is 14.8. The Bertz CT molecular complexity index is 738. The Kier molecular flexibility index (Phi) is 4.22. The fourth-order valence-corrected chi connectivity index (χ4v) is 3.60. The van der Waals surface area contributed by atoms with E-state index in [0.29, 0.717) is 20.6 Å². The van der Waals surface area contributed by atoms with Crippen LogP contribution in [-0.2, 0) is 0 Å². The minimum absolute atomic E-state index is 0.307.